The van der Waals surface area contributed by atoms with Crippen LogP contribution in [0.15, 0.2) is 24.3 Å². The molecule has 0 aromatic heterocycles. The van der Waals surface area contributed by atoms with Crippen molar-refractivity contribution in [2.24, 2.45) is 0 Å². The molecule has 1 aromatic carbocycles. The quantitative estimate of drug-likeness (QED) is 0.840. The van der Waals surface area contributed by atoms with E-state index in [1.54, 1.807) is 17.0 Å². The van der Waals surface area contributed by atoms with Crippen LogP contribution in [0.5, 0.6) is 0 Å². The summed E-state index contributed by atoms with van der Waals surface area (Å²) in [6.07, 6.45) is 4.31. The third kappa shape index (κ3) is 4.57. The number of carbonyl (C=O) groups is 2. The Kier molecular flexibility index (Phi) is 6.02. The average molecular weight is 348 g/mol. The van der Waals surface area contributed by atoms with E-state index in [0.29, 0.717) is 39.0 Å². The van der Waals surface area contributed by atoms with Gasteiger partial charge in [0.15, 0.2) is 0 Å². The molecule has 0 radical (unpaired) electrons. The van der Waals surface area contributed by atoms with E-state index in [-0.39, 0.29) is 23.5 Å². The van der Waals surface area contributed by atoms with Gasteiger partial charge in [0.2, 0.25) is 5.91 Å². The first kappa shape index (κ1) is 17.9. The standard InChI is InChI=1S/C19H25FN2O3/c20-17-7-2-1-6-16(17)19(24)22-11-4-10-21(12-13-22)18(23)9-8-15-5-3-14-25-15/h1-2,6-7,15H,3-5,8-14H2. The summed E-state index contributed by atoms with van der Waals surface area (Å²) in [7, 11) is 0. The first-order valence-electron chi connectivity index (χ1n) is 9.08. The molecule has 1 aromatic rings. The van der Waals surface area contributed by atoms with Gasteiger partial charge in [-0.25, -0.2) is 4.39 Å². The Morgan fingerprint density at radius 3 is 2.60 bits per heavy atom. The first-order chi connectivity index (χ1) is 12.1. The number of nitrogens with zero attached hydrogens (tertiary/aromatic N) is 2. The molecule has 0 aliphatic carbocycles. The van der Waals surface area contributed by atoms with E-state index in [1.165, 1.54) is 12.1 Å². The van der Waals surface area contributed by atoms with Crippen LogP contribution in [0.25, 0.3) is 0 Å². The lowest BCUT2D eigenvalue weighted by molar-refractivity contribution is -0.131. The molecule has 2 fully saturated rings. The molecule has 1 atom stereocenters. The Balaban J connectivity index is 1.52. The zero-order valence-corrected chi connectivity index (χ0v) is 14.5. The summed E-state index contributed by atoms with van der Waals surface area (Å²) in [6.45, 7) is 2.94. The molecule has 5 nitrogen and oxygen atoms in total. The molecule has 25 heavy (non-hydrogen) atoms. The summed E-state index contributed by atoms with van der Waals surface area (Å²) in [5.41, 5.74) is 0.0978. The zero-order chi connectivity index (χ0) is 17.6. The Hall–Kier alpha value is -1.95. The Morgan fingerprint density at radius 1 is 1.08 bits per heavy atom. The lowest BCUT2D eigenvalue weighted by atomic mass is 10.1. The summed E-state index contributed by atoms with van der Waals surface area (Å²) in [4.78, 5) is 28.4. The smallest absolute Gasteiger partial charge is 0.256 e. The lowest BCUT2D eigenvalue weighted by Crippen LogP contribution is -2.37. The van der Waals surface area contributed by atoms with Crippen LogP contribution < -0.4 is 0 Å². The molecule has 0 N–H and O–H groups in total. The summed E-state index contributed by atoms with van der Waals surface area (Å²) in [5, 5.41) is 0. The van der Waals surface area contributed by atoms with E-state index >= 15 is 0 Å². The van der Waals surface area contributed by atoms with Gasteiger partial charge in [-0.3, -0.25) is 9.59 Å². The first-order valence-corrected chi connectivity index (χ1v) is 9.08. The van der Waals surface area contributed by atoms with E-state index < -0.39 is 5.82 Å². The largest absolute Gasteiger partial charge is 0.378 e. The van der Waals surface area contributed by atoms with Gasteiger partial charge in [0.1, 0.15) is 5.82 Å². The van der Waals surface area contributed by atoms with E-state index in [4.69, 9.17) is 4.74 Å². The normalized spacial score (nSPS) is 21.2. The van der Waals surface area contributed by atoms with Gasteiger partial charge < -0.3 is 14.5 Å². The van der Waals surface area contributed by atoms with Gasteiger partial charge in [0, 0.05) is 39.2 Å². The van der Waals surface area contributed by atoms with Crippen LogP contribution in [0.3, 0.4) is 0 Å². The highest BCUT2D eigenvalue weighted by Crippen LogP contribution is 2.18. The molecule has 136 valence electrons. The molecular formula is C19H25FN2O3. The van der Waals surface area contributed by atoms with Gasteiger partial charge in [-0.2, -0.15) is 0 Å². The molecule has 0 bridgehead atoms. The third-order valence-corrected chi connectivity index (χ3v) is 4.94. The van der Waals surface area contributed by atoms with Crippen LogP contribution in [-0.4, -0.2) is 60.5 Å². The van der Waals surface area contributed by atoms with Crippen LogP contribution in [0.2, 0.25) is 0 Å². The van der Waals surface area contributed by atoms with Crippen LogP contribution in [0, 0.1) is 5.82 Å². The monoisotopic (exact) mass is 348 g/mol. The summed E-state index contributed by atoms with van der Waals surface area (Å²) in [5.74, 6) is -0.677. The van der Waals surface area contributed by atoms with Crippen LogP contribution in [-0.2, 0) is 9.53 Å². The summed E-state index contributed by atoms with van der Waals surface area (Å²) in [6, 6.07) is 6.04. The van der Waals surface area contributed by atoms with Gasteiger partial charge in [0.05, 0.1) is 11.7 Å². The highest BCUT2D eigenvalue weighted by molar-refractivity contribution is 5.94. The van der Waals surface area contributed by atoms with Crippen molar-refractivity contribution < 1.29 is 18.7 Å². The van der Waals surface area contributed by atoms with Crippen LogP contribution in [0.4, 0.5) is 4.39 Å². The SMILES string of the molecule is O=C(CCC1CCCO1)N1CCCN(C(=O)c2ccccc2F)CC1. The van der Waals surface area contributed by atoms with E-state index in [1.807, 2.05) is 4.90 Å². The Labute approximate surface area is 147 Å². The predicted octanol–water partition coefficient (Wildman–Crippen LogP) is 2.46. The number of amides is 2. The molecule has 0 saturated carbocycles. The van der Waals surface area contributed by atoms with Crippen molar-refractivity contribution in [1.82, 2.24) is 9.80 Å². The molecule has 0 spiro atoms. The topological polar surface area (TPSA) is 49.9 Å². The zero-order valence-electron chi connectivity index (χ0n) is 14.5. The number of carbonyl (C=O) groups excluding carboxylic acids is 2. The molecule has 2 aliphatic rings. The third-order valence-electron chi connectivity index (χ3n) is 4.94. The van der Waals surface area contributed by atoms with Gasteiger partial charge in [-0.1, -0.05) is 12.1 Å². The molecule has 2 heterocycles. The number of hydrogen-bond acceptors (Lipinski definition) is 3. The van der Waals surface area contributed by atoms with Gasteiger partial charge in [0.25, 0.3) is 5.91 Å². The molecule has 2 saturated heterocycles. The molecule has 6 heteroatoms. The Morgan fingerprint density at radius 2 is 1.84 bits per heavy atom. The maximum atomic E-state index is 13.8. The number of halogens is 1. The number of benzene rings is 1. The average Bonchev–Trinajstić information content (AvgIpc) is 3.02. The number of ether oxygens (including phenoxy) is 1. The maximum absolute atomic E-state index is 13.8. The van der Waals surface area contributed by atoms with E-state index in [2.05, 4.69) is 0 Å². The van der Waals surface area contributed by atoms with Gasteiger partial charge >= 0.3 is 0 Å². The van der Waals surface area contributed by atoms with Crippen molar-refractivity contribution >= 4 is 11.8 Å². The highest BCUT2D eigenvalue weighted by atomic mass is 19.1. The van der Waals surface area contributed by atoms with Crippen LogP contribution in [0.1, 0.15) is 42.5 Å². The molecule has 1 unspecified atom stereocenters. The summed E-state index contributed by atoms with van der Waals surface area (Å²) < 4.78 is 19.4. The lowest BCUT2D eigenvalue weighted by Gasteiger charge is -2.23. The highest BCUT2D eigenvalue weighted by Gasteiger charge is 2.25. The predicted molar refractivity (Wildman–Crippen MR) is 91.7 cm³/mol. The van der Waals surface area contributed by atoms with Crippen molar-refractivity contribution in [3.8, 4) is 0 Å². The minimum atomic E-state index is -0.499. The fraction of sp³-hybridized carbons (Fsp3) is 0.579. The number of hydrogen-bond donors (Lipinski definition) is 0. The van der Waals surface area contributed by atoms with Crippen molar-refractivity contribution in [2.75, 3.05) is 32.8 Å². The van der Waals surface area contributed by atoms with Crippen molar-refractivity contribution in [1.29, 1.82) is 0 Å². The van der Waals surface area contributed by atoms with Crippen molar-refractivity contribution in [3.63, 3.8) is 0 Å². The second-order valence-corrected chi connectivity index (χ2v) is 6.68. The van der Waals surface area contributed by atoms with Crippen molar-refractivity contribution in [3.05, 3.63) is 35.6 Å². The summed E-state index contributed by atoms with van der Waals surface area (Å²) >= 11 is 0. The fourth-order valence-corrected chi connectivity index (χ4v) is 3.49. The van der Waals surface area contributed by atoms with E-state index in [0.717, 1.165) is 25.9 Å². The minimum absolute atomic E-state index is 0.0978. The Bertz CT molecular complexity index is 616. The second-order valence-electron chi connectivity index (χ2n) is 6.68. The second kappa shape index (κ2) is 8.43. The molecule has 2 aliphatic heterocycles. The van der Waals surface area contributed by atoms with Crippen LogP contribution >= 0.6 is 0 Å². The molecular weight excluding hydrogens is 323 g/mol. The molecule has 2 amide bonds. The fourth-order valence-electron chi connectivity index (χ4n) is 3.49. The minimum Gasteiger partial charge on any atom is -0.378 e. The number of rotatable bonds is 4. The van der Waals surface area contributed by atoms with E-state index in [9.17, 15) is 14.0 Å². The van der Waals surface area contributed by atoms with Gasteiger partial charge in [-0.05, 0) is 37.8 Å². The van der Waals surface area contributed by atoms with Crippen molar-refractivity contribution in [2.45, 2.75) is 38.2 Å². The molecule has 3 rings (SSSR count). The van der Waals surface area contributed by atoms with Gasteiger partial charge in [-0.15, -0.1) is 0 Å². The maximum Gasteiger partial charge on any atom is 0.256 e.